The van der Waals surface area contributed by atoms with Crippen molar-refractivity contribution in [3.05, 3.63) is 74.7 Å². The Balaban J connectivity index is 1.61. The average Bonchev–Trinajstić information content (AvgIpc) is 3.21. The van der Waals surface area contributed by atoms with Gasteiger partial charge in [0.2, 0.25) is 0 Å². The van der Waals surface area contributed by atoms with Crippen molar-refractivity contribution in [3.8, 4) is 0 Å². The summed E-state index contributed by atoms with van der Waals surface area (Å²) in [6, 6.07) is 11.9. The summed E-state index contributed by atoms with van der Waals surface area (Å²) in [6.07, 6.45) is 4.52. The van der Waals surface area contributed by atoms with Crippen molar-refractivity contribution in [1.29, 1.82) is 0 Å². The van der Waals surface area contributed by atoms with Crippen molar-refractivity contribution in [2.24, 2.45) is 0 Å². The highest BCUT2D eigenvalue weighted by Crippen LogP contribution is 2.19. The zero-order valence-corrected chi connectivity index (χ0v) is 17.3. The monoisotopic (exact) mass is 389 g/mol. The number of fused-ring (bicyclic) bond motifs is 1. The normalized spacial score (nSPS) is 14.4. The Hall–Kier alpha value is -2.95. The molecule has 0 aliphatic heterocycles. The zero-order valence-electron chi connectivity index (χ0n) is 17.3. The molecular formula is C24H27N3O2. The molecule has 0 bridgehead atoms. The van der Waals surface area contributed by atoms with E-state index in [0.717, 1.165) is 40.6 Å². The number of nitrogens with zero attached hydrogens (tertiary/aromatic N) is 2. The molecule has 5 nitrogen and oxygen atoms in total. The summed E-state index contributed by atoms with van der Waals surface area (Å²) >= 11 is 0. The second-order valence-electron chi connectivity index (χ2n) is 8.17. The maximum Gasteiger partial charge on any atom is 0.272 e. The predicted octanol–water partition coefficient (Wildman–Crippen LogP) is 4.04. The first-order valence-electron chi connectivity index (χ1n) is 10.3. The lowest BCUT2D eigenvalue weighted by Gasteiger charge is -2.14. The first-order valence-corrected chi connectivity index (χ1v) is 10.3. The Morgan fingerprint density at radius 3 is 2.41 bits per heavy atom. The molecule has 3 aromatic rings. The molecule has 1 amide bonds. The Labute approximate surface area is 170 Å². The summed E-state index contributed by atoms with van der Waals surface area (Å²) in [7, 11) is 0. The van der Waals surface area contributed by atoms with Gasteiger partial charge in [-0.05, 0) is 74.6 Å². The molecule has 0 saturated heterocycles. The van der Waals surface area contributed by atoms with Crippen LogP contribution < -0.4 is 10.9 Å². The van der Waals surface area contributed by atoms with Crippen molar-refractivity contribution in [2.75, 3.05) is 0 Å². The fourth-order valence-electron chi connectivity index (χ4n) is 4.06. The minimum absolute atomic E-state index is 0.0167. The molecule has 0 atom stereocenters. The van der Waals surface area contributed by atoms with E-state index in [1.165, 1.54) is 12.8 Å². The molecule has 1 aliphatic carbocycles. The van der Waals surface area contributed by atoms with Gasteiger partial charge in [-0.15, -0.1) is 0 Å². The number of amides is 1. The molecule has 150 valence electrons. The first kappa shape index (κ1) is 19.4. The highest BCUT2D eigenvalue weighted by Gasteiger charge is 2.18. The lowest BCUT2D eigenvalue weighted by atomic mass is 10.1. The van der Waals surface area contributed by atoms with E-state index in [9.17, 15) is 9.59 Å². The molecular weight excluding hydrogens is 362 g/mol. The van der Waals surface area contributed by atoms with Gasteiger partial charge in [0.25, 0.3) is 11.5 Å². The second kappa shape index (κ2) is 7.82. The molecule has 1 heterocycles. The number of aromatic nitrogens is 2. The van der Waals surface area contributed by atoms with Crippen molar-refractivity contribution >= 4 is 16.9 Å². The minimum atomic E-state index is -0.0798. The number of aryl methyl sites for hydroxylation is 3. The number of hydrogen-bond acceptors (Lipinski definition) is 3. The van der Waals surface area contributed by atoms with Gasteiger partial charge in [-0.25, -0.2) is 4.98 Å². The molecule has 0 spiro atoms. The third-order valence-corrected chi connectivity index (χ3v) is 5.97. The summed E-state index contributed by atoms with van der Waals surface area (Å²) in [5.41, 5.74) is 6.02. The predicted molar refractivity (Wildman–Crippen MR) is 115 cm³/mol. The first-order chi connectivity index (χ1) is 13.9. The van der Waals surface area contributed by atoms with E-state index in [1.807, 2.05) is 43.3 Å². The number of rotatable bonds is 4. The van der Waals surface area contributed by atoms with Crippen LogP contribution >= 0.6 is 0 Å². The molecule has 5 heteroatoms. The molecule has 29 heavy (non-hydrogen) atoms. The van der Waals surface area contributed by atoms with Crippen molar-refractivity contribution in [2.45, 2.75) is 59.0 Å². The van der Waals surface area contributed by atoms with E-state index in [0.29, 0.717) is 23.8 Å². The fraction of sp³-hybridized carbons (Fsp3) is 0.375. The van der Waals surface area contributed by atoms with Crippen LogP contribution in [0.4, 0.5) is 0 Å². The van der Waals surface area contributed by atoms with Gasteiger partial charge >= 0.3 is 0 Å². The molecule has 1 fully saturated rings. The number of carbonyl (C=O) groups is 1. The zero-order chi connectivity index (χ0) is 20.5. The Kier molecular flexibility index (Phi) is 5.22. The highest BCUT2D eigenvalue weighted by molar-refractivity contribution is 5.94. The Morgan fingerprint density at radius 2 is 1.72 bits per heavy atom. The van der Waals surface area contributed by atoms with Crippen molar-refractivity contribution < 1.29 is 4.79 Å². The minimum Gasteiger partial charge on any atom is -0.349 e. The number of carbonyl (C=O) groups excluding carboxylic acids is 1. The Morgan fingerprint density at radius 1 is 1.07 bits per heavy atom. The van der Waals surface area contributed by atoms with Gasteiger partial charge in [0.15, 0.2) is 0 Å². The van der Waals surface area contributed by atoms with E-state index < -0.39 is 0 Å². The van der Waals surface area contributed by atoms with Gasteiger partial charge < -0.3 is 9.88 Å². The summed E-state index contributed by atoms with van der Waals surface area (Å²) < 4.78 is 1.78. The van der Waals surface area contributed by atoms with Gasteiger partial charge in [-0.1, -0.05) is 25.0 Å². The van der Waals surface area contributed by atoms with E-state index in [-0.39, 0.29) is 11.5 Å². The van der Waals surface area contributed by atoms with Gasteiger partial charge in [-0.2, -0.15) is 0 Å². The van der Waals surface area contributed by atoms with Crippen LogP contribution in [0.5, 0.6) is 0 Å². The van der Waals surface area contributed by atoms with Crippen LogP contribution in [-0.2, 0) is 6.54 Å². The SMILES string of the molecule is Cc1cc2nc(C)c(=O)n(Cc3ccc(C(=O)NC4CCCC4)cc3)c2cc1C. The maximum absolute atomic E-state index is 12.8. The van der Waals surface area contributed by atoms with E-state index in [4.69, 9.17) is 0 Å². The van der Waals surface area contributed by atoms with Crippen LogP contribution in [0.25, 0.3) is 11.0 Å². The van der Waals surface area contributed by atoms with Crippen LogP contribution in [0.1, 0.15) is 58.4 Å². The smallest absolute Gasteiger partial charge is 0.272 e. The lowest BCUT2D eigenvalue weighted by molar-refractivity contribution is 0.0938. The number of benzene rings is 2. The largest absolute Gasteiger partial charge is 0.349 e. The summed E-state index contributed by atoms with van der Waals surface area (Å²) in [4.78, 5) is 29.7. The molecule has 0 radical (unpaired) electrons. The van der Waals surface area contributed by atoms with Crippen LogP contribution in [-0.4, -0.2) is 21.5 Å². The van der Waals surface area contributed by atoms with Crippen LogP contribution in [0.15, 0.2) is 41.2 Å². The third-order valence-electron chi connectivity index (χ3n) is 5.97. The molecule has 1 aromatic heterocycles. The fourth-order valence-corrected chi connectivity index (χ4v) is 4.06. The standard InChI is InChI=1S/C24H27N3O2/c1-15-12-21-22(13-16(15)2)27(24(29)17(3)25-21)14-18-8-10-19(11-9-18)23(28)26-20-6-4-5-7-20/h8-13,20H,4-7,14H2,1-3H3,(H,26,28). The topological polar surface area (TPSA) is 64.0 Å². The number of hydrogen-bond donors (Lipinski definition) is 1. The van der Waals surface area contributed by atoms with Crippen LogP contribution in [0, 0.1) is 20.8 Å². The van der Waals surface area contributed by atoms with E-state index in [2.05, 4.69) is 17.2 Å². The average molecular weight is 389 g/mol. The molecule has 4 rings (SSSR count). The van der Waals surface area contributed by atoms with E-state index in [1.54, 1.807) is 11.5 Å². The van der Waals surface area contributed by atoms with Gasteiger partial charge in [0.1, 0.15) is 5.69 Å². The van der Waals surface area contributed by atoms with Crippen molar-refractivity contribution in [3.63, 3.8) is 0 Å². The molecule has 0 unspecified atom stereocenters. The van der Waals surface area contributed by atoms with Crippen LogP contribution in [0.3, 0.4) is 0 Å². The van der Waals surface area contributed by atoms with Gasteiger partial charge in [0.05, 0.1) is 17.6 Å². The summed E-state index contributed by atoms with van der Waals surface area (Å²) in [5, 5.41) is 3.11. The van der Waals surface area contributed by atoms with Gasteiger partial charge in [-0.3, -0.25) is 9.59 Å². The Bertz CT molecular complexity index is 1120. The lowest BCUT2D eigenvalue weighted by Crippen LogP contribution is -2.32. The summed E-state index contributed by atoms with van der Waals surface area (Å²) in [5.74, 6) is -0.0167. The van der Waals surface area contributed by atoms with Crippen LogP contribution in [0.2, 0.25) is 0 Å². The van der Waals surface area contributed by atoms with Crippen molar-refractivity contribution in [1.82, 2.24) is 14.9 Å². The maximum atomic E-state index is 12.8. The quantitative estimate of drug-likeness (QED) is 0.732. The summed E-state index contributed by atoms with van der Waals surface area (Å²) in [6.45, 7) is 6.30. The highest BCUT2D eigenvalue weighted by atomic mass is 16.1. The molecule has 1 saturated carbocycles. The van der Waals surface area contributed by atoms with E-state index >= 15 is 0 Å². The second-order valence-corrected chi connectivity index (χ2v) is 8.17. The third kappa shape index (κ3) is 3.95. The van der Waals surface area contributed by atoms with Gasteiger partial charge in [0, 0.05) is 11.6 Å². The molecule has 1 aliphatic rings. The number of nitrogens with one attached hydrogen (secondary N) is 1. The molecule has 2 aromatic carbocycles. The molecule has 1 N–H and O–H groups in total.